The number of esters is 1. The molecule has 4 nitrogen and oxygen atoms in total. The first kappa shape index (κ1) is 13.4. The van der Waals surface area contributed by atoms with Crippen LogP contribution in [0.25, 0.3) is 0 Å². The molecule has 0 unspecified atom stereocenters. The zero-order valence-corrected chi connectivity index (χ0v) is 11.3. The highest BCUT2D eigenvalue weighted by atomic mass is 32.2. The Morgan fingerprint density at radius 1 is 1.37 bits per heavy atom. The molecule has 0 aliphatic heterocycles. The largest absolute Gasteiger partial charge is 0.465 e. The summed E-state index contributed by atoms with van der Waals surface area (Å²) in [6.07, 6.45) is 3.32. The molecule has 19 heavy (non-hydrogen) atoms. The number of rotatable bonds is 4. The number of thioether (sulfide) groups is 1. The van der Waals surface area contributed by atoms with E-state index in [0.717, 1.165) is 10.5 Å². The van der Waals surface area contributed by atoms with Gasteiger partial charge in [-0.2, -0.15) is 0 Å². The first-order valence-corrected chi connectivity index (χ1v) is 6.69. The zero-order valence-electron chi connectivity index (χ0n) is 10.5. The van der Waals surface area contributed by atoms with Crippen LogP contribution in [0, 0.1) is 0 Å². The van der Waals surface area contributed by atoms with E-state index in [0.29, 0.717) is 17.0 Å². The Morgan fingerprint density at radius 3 is 2.89 bits per heavy atom. The number of nitrogen functional groups attached to an aromatic ring is 1. The molecule has 2 N–H and O–H groups in total. The van der Waals surface area contributed by atoms with Gasteiger partial charge in [0.25, 0.3) is 0 Å². The topological polar surface area (TPSA) is 65.2 Å². The second-order valence-corrected chi connectivity index (χ2v) is 4.87. The fraction of sp³-hybridized carbons (Fsp3) is 0.143. The number of pyridine rings is 1. The summed E-state index contributed by atoms with van der Waals surface area (Å²) >= 11 is 1.57. The van der Waals surface area contributed by atoms with E-state index in [2.05, 4.69) is 4.98 Å². The van der Waals surface area contributed by atoms with Crippen molar-refractivity contribution in [2.75, 3.05) is 12.8 Å². The summed E-state index contributed by atoms with van der Waals surface area (Å²) in [6, 6.07) is 9.26. The average Bonchev–Trinajstić information content (AvgIpc) is 2.46. The molecule has 0 spiro atoms. The molecule has 0 bridgehead atoms. The maximum atomic E-state index is 11.6. The van der Waals surface area contributed by atoms with Crippen molar-refractivity contribution in [1.29, 1.82) is 0 Å². The molecule has 0 saturated heterocycles. The molecule has 0 aliphatic rings. The van der Waals surface area contributed by atoms with Gasteiger partial charge >= 0.3 is 5.97 Å². The Hall–Kier alpha value is -2.01. The monoisotopic (exact) mass is 274 g/mol. The molecule has 1 heterocycles. The molecular formula is C14H14N2O2S. The van der Waals surface area contributed by atoms with Crippen LogP contribution in [0.2, 0.25) is 0 Å². The highest BCUT2D eigenvalue weighted by molar-refractivity contribution is 7.98. The van der Waals surface area contributed by atoms with Crippen LogP contribution in [0.1, 0.15) is 15.9 Å². The van der Waals surface area contributed by atoms with Crippen LogP contribution in [0.5, 0.6) is 0 Å². The third-order valence-electron chi connectivity index (χ3n) is 2.62. The van der Waals surface area contributed by atoms with Crippen molar-refractivity contribution < 1.29 is 9.53 Å². The first-order chi connectivity index (χ1) is 9.22. The number of anilines is 1. The van der Waals surface area contributed by atoms with Gasteiger partial charge in [-0.05, 0) is 17.7 Å². The quantitative estimate of drug-likeness (QED) is 0.686. The molecule has 0 atom stereocenters. The Kier molecular flexibility index (Phi) is 4.41. The number of methoxy groups -OCH3 is 1. The zero-order chi connectivity index (χ0) is 13.7. The smallest absolute Gasteiger partial charge is 0.338 e. The number of carbonyl (C=O) groups excluding carboxylic acids is 1. The van der Waals surface area contributed by atoms with E-state index < -0.39 is 0 Å². The number of aromatic nitrogens is 1. The maximum Gasteiger partial charge on any atom is 0.338 e. The molecule has 0 aliphatic carbocycles. The number of hydrogen-bond acceptors (Lipinski definition) is 5. The summed E-state index contributed by atoms with van der Waals surface area (Å²) in [7, 11) is 1.38. The highest BCUT2D eigenvalue weighted by Crippen LogP contribution is 2.28. The molecule has 2 aromatic rings. The average molecular weight is 274 g/mol. The third kappa shape index (κ3) is 3.26. The van der Waals surface area contributed by atoms with Gasteiger partial charge < -0.3 is 10.5 Å². The molecule has 98 valence electrons. The lowest BCUT2D eigenvalue weighted by Gasteiger charge is -2.08. The standard InChI is InChI=1S/C14H14N2O2S/c1-18-14(17)11-5-3-2-4-10(11)9-19-13-6-7-16-8-12(13)15/h2-8H,9,15H2,1H3. The van der Waals surface area contributed by atoms with Gasteiger partial charge in [-0.3, -0.25) is 4.98 Å². The van der Waals surface area contributed by atoms with Crippen LogP contribution in [0.15, 0.2) is 47.6 Å². The van der Waals surface area contributed by atoms with E-state index in [9.17, 15) is 4.79 Å². The van der Waals surface area contributed by atoms with Gasteiger partial charge in [-0.15, -0.1) is 11.8 Å². The van der Waals surface area contributed by atoms with E-state index in [1.165, 1.54) is 7.11 Å². The summed E-state index contributed by atoms with van der Waals surface area (Å²) in [5.74, 6) is 0.332. The SMILES string of the molecule is COC(=O)c1ccccc1CSc1ccncc1N. The molecule has 0 saturated carbocycles. The van der Waals surface area contributed by atoms with Crippen molar-refractivity contribution in [3.63, 3.8) is 0 Å². The second kappa shape index (κ2) is 6.24. The van der Waals surface area contributed by atoms with Crippen LogP contribution in [-0.4, -0.2) is 18.1 Å². The summed E-state index contributed by atoms with van der Waals surface area (Å²) in [5.41, 5.74) is 7.99. The van der Waals surface area contributed by atoms with Gasteiger partial charge in [-0.25, -0.2) is 4.79 Å². The van der Waals surface area contributed by atoms with Gasteiger partial charge in [-0.1, -0.05) is 18.2 Å². The highest BCUT2D eigenvalue weighted by Gasteiger charge is 2.11. The Labute approximate surface area is 116 Å². The summed E-state index contributed by atoms with van der Waals surface area (Å²) in [6.45, 7) is 0. The molecule has 0 amide bonds. The van der Waals surface area contributed by atoms with E-state index in [4.69, 9.17) is 10.5 Å². The van der Waals surface area contributed by atoms with Gasteiger partial charge in [0, 0.05) is 16.8 Å². The number of ether oxygens (including phenoxy) is 1. The van der Waals surface area contributed by atoms with Crippen molar-refractivity contribution >= 4 is 23.4 Å². The minimum atomic E-state index is -0.320. The summed E-state index contributed by atoms with van der Waals surface area (Å²) in [4.78, 5) is 16.5. The van der Waals surface area contributed by atoms with E-state index >= 15 is 0 Å². The molecular weight excluding hydrogens is 260 g/mol. The van der Waals surface area contributed by atoms with Gasteiger partial charge in [0.2, 0.25) is 0 Å². The number of hydrogen-bond donors (Lipinski definition) is 1. The van der Waals surface area contributed by atoms with Crippen LogP contribution in [-0.2, 0) is 10.5 Å². The van der Waals surface area contributed by atoms with Gasteiger partial charge in [0.05, 0.1) is 24.6 Å². The maximum absolute atomic E-state index is 11.6. The number of nitrogens with zero attached hydrogens (tertiary/aromatic N) is 1. The first-order valence-electron chi connectivity index (χ1n) is 5.71. The molecule has 0 fully saturated rings. The van der Waals surface area contributed by atoms with E-state index in [1.54, 1.807) is 30.2 Å². The minimum Gasteiger partial charge on any atom is -0.465 e. The fourth-order valence-electron chi connectivity index (χ4n) is 1.64. The predicted octanol–water partition coefficient (Wildman–Crippen LogP) is 2.74. The van der Waals surface area contributed by atoms with Crippen molar-refractivity contribution in [2.24, 2.45) is 0 Å². The van der Waals surface area contributed by atoms with Crippen molar-refractivity contribution in [1.82, 2.24) is 4.98 Å². The predicted molar refractivity (Wildman–Crippen MR) is 76.0 cm³/mol. The number of carbonyl (C=O) groups is 1. The number of benzene rings is 1. The van der Waals surface area contributed by atoms with Gasteiger partial charge in [0.15, 0.2) is 0 Å². The van der Waals surface area contributed by atoms with E-state index in [1.807, 2.05) is 24.3 Å². The summed E-state index contributed by atoms with van der Waals surface area (Å²) < 4.78 is 4.77. The van der Waals surface area contributed by atoms with Crippen LogP contribution in [0.4, 0.5) is 5.69 Å². The lowest BCUT2D eigenvalue weighted by atomic mass is 10.1. The van der Waals surface area contributed by atoms with E-state index in [-0.39, 0.29) is 5.97 Å². The lowest BCUT2D eigenvalue weighted by molar-refractivity contribution is 0.0600. The van der Waals surface area contributed by atoms with Crippen LogP contribution < -0.4 is 5.73 Å². The molecule has 0 radical (unpaired) electrons. The molecule has 1 aromatic heterocycles. The fourth-order valence-corrected chi connectivity index (χ4v) is 2.58. The van der Waals surface area contributed by atoms with Gasteiger partial charge in [0.1, 0.15) is 0 Å². The van der Waals surface area contributed by atoms with Crippen molar-refractivity contribution in [3.05, 3.63) is 53.9 Å². The Balaban J connectivity index is 2.16. The lowest BCUT2D eigenvalue weighted by Crippen LogP contribution is -2.04. The van der Waals surface area contributed by atoms with Crippen molar-refractivity contribution in [3.8, 4) is 0 Å². The number of nitrogens with two attached hydrogens (primary N) is 1. The minimum absolute atomic E-state index is 0.320. The molecule has 5 heteroatoms. The van der Waals surface area contributed by atoms with Crippen LogP contribution in [0.3, 0.4) is 0 Å². The Bertz CT molecular complexity index is 587. The summed E-state index contributed by atoms with van der Waals surface area (Å²) in [5, 5.41) is 0. The second-order valence-electron chi connectivity index (χ2n) is 3.85. The van der Waals surface area contributed by atoms with Crippen LogP contribution >= 0.6 is 11.8 Å². The third-order valence-corrected chi connectivity index (χ3v) is 3.75. The molecule has 2 rings (SSSR count). The molecule has 1 aromatic carbocycles. The Morgan fingerprint density at radius 2 is 2.16 bits per heavy atom. The normalized spacial score (nSPS) is 10.2. The van der Waals surface area contributed by atoms with Crippen molar-refractivity contribution in [2.45, 2.75) is 10.6 Å².